The van der Waals surface area contributed by atoms with Crippen molar-refractivity contribution in [2.45, 2.75) is 69.0 Å². The van der Waals surface area contributed by atoms with Crippen LogP contribution in [0.25, 0.3) is 0 Å². The average Bonchev–Trinajstić information content (AvgIpc) is 3.10. The van der Waals surface area contributed by atoms with Gasteiger partial charge in [0, 0.05) is 32.6 Å². The van der Waals surface area contributed by atoms with Gasteiger partial charge in [0.2, 0.25) is 15.9 Å². The first-order valence-electron chi connectivity index (χ1n) is 10.4. The van der Waals surface area contributed by atoms with E-state index in [1.807, 2.05) is 24.8 Å². The quantitative estimate of drug-likeness (QED) is 0.695. The third kappa shape index (κ3) is 4.58. The first-order chi connectivity index (χ1) is 13.4. The third-order valence-electron chi connectivity index (χ3n) is 6.02. The molecular weight excluding hydrogens is 376 g/mol. The molecule has 2 saturated heterocycles. The van der Waals surface area contributed by atoms with E-state index in [2.05, 4.69) is 0 Å². The highest BCUT2D eigenvalue weighted by atomic mass is 32.2. The van der Waals surface area contributed by atoms with E-state index in [-0.39, 0.29) is 12.0 Å². The summed E-state index contributed by atoms with van der Waals surface area (Å²) in [5.74, 6) is 0.173. The molecule has 0 radical (unpaired) electrons. The molecule has 1 aromatic carbocycles. The molecule has 2 aliphatic rings. The molecule has 0 aromatic heterocycles. The molecule has 28 heavy (non-hydrogen) atoms. The number of ether oxygens (including phenoxy) is 1. The van der Waals surface area contributed by atoms with Crippen LogP contribution in [0.5, 0.6) is 0 Å². The first-order valence-corrected chi connectivity index (χ1v) is 11.8. The number of nitrogens with zero attached hydrogens (tertiary/aromatic N) is 2. The maximum absolute atomic E-state index is 13.0. The second kappa shape index (κ2) is 8.93. The van der Waals surface area contributed by atoms with Crippen molar-refractivity contribution in [1.29, 1.82) is 0 Å². The van der Waals surface area contributed by atoms with Crippen LogP contribution in [-0.4, -0.2) is 61.4 Å². The molecule has 2 fully saturated rings. The largest absolute Gasteiger partial charge is 0.370 e. The Hall–Kier alpha value is -1.44. The van der Waals surface area contributed by atoms with Gasteiger partial charge in [-0.2, -0.15) is 4.31 Å². The van der Waals surface area contributed by atoms with Crippen molar-refractivity contribution in [3.8, 4) is 0 Å². The van der Waals surface area contributed by atoms with Gasteiger partial charge in [0.25, 0.3) is 0 Å². The fourth-order valence-electron chi connectivity index (χ4n) is 4.42. The van der Waals surface area contributed by atoms with Gasteiger partial charge < -0.3 is 9.64 Å². The zero-order chi connectivity index (χ0) is 20.2. The van der Waals surface area contributed by atoms with Gasteiger partial charge in [-0.1, -0.05) is 18.2 Å². The van der Waals surface area contributed by atoms with E-state index in [0.717, 1.165) is 38.8 Å². The SMILES string of the molecule is CCN(CC)C(=O)CC[C@@H]1CC[C@]2(CCCN(S(=O)(=O)c3ccccc3)C2)O1. The summed E-state index contributed by atoms with van der Waals surface area (Å²) >= 11 is 0. The predicted octanol–water partition coefficient (Wildman–Crippen LogP) is 3.04. The molecule has 7 heteroatoms. The van der Waals surface area contributed by atoms with Crippen LogP contribution in [0.1, 0.15) is 52.4 Å². The maximum Gasteiger partial charge on any atom is 0.243 e. The highest BCUT2D eigenvalue weighted by Gasteiger charge is 2.45. The van der Waals surface area contributed by atoms with Gasteiger partial charge in [-0.15, -0.1) is 0 Å². The van der Waals surface area contributed by atoms with Gasteiger partial charge in [0.1, 0.15) is 0 Å². The fourth-order valence-corrected chi connectivity index (χ4v) is 6.00. The van der Waals surface area contributed by atoms with E-state index in [9.17, 15) is 13.2 Å². The maximum atomic E-state index is 13.0. The summed E-state index contributed by atoms with van der Waals surface area (Å²) in [7, 11) is -3.49. The van der Waals surface area contributed by atoms with Gasteiger partial charge in [-0.25, -0.2) is 8.42 Å². The Balaban J connectivity index is 1.60. The Morgan fingerprint density at radius 3 is 2.61 bits per heavy atom. The highest BCUT2D eigenvalue weighted by molar-refractivity contribution is 7.89. The van der Waals surface area contributed by atoms with Crippen molar-refractivity contribution in [3.05, 3.63) is 30.3 Å². The summed E-state index contributed by atoms with van der Waals surface area (Å²) in [6, 6.07) is 8.62. The van der Waals surface area contributed by atoms with E-state index in [1.54, 1.807) is 28.6 Å². The van der Waals surface area contributed by atoms with Crippen LogP contribution in [0.15, 0.2) is 35.2 Å². The number of carbonyl (C=O) groups is 1. The van der Waals surface area contributed by atoms with Gasteiger partial charge in [0.05, 0.1) is 16.6 Å². The molecular formula is C21H32N2O4S. The minimum absolute atomic E-state index is 0.0406. The second-order valence-electron chi connectivity index (χ2n) is 7.82. The van der Waals surface area contributed by atoms with Crippen LogP contribution >= 0.6 is 0 Å². The molecule has 2 heterocycles. The highest BCUT2D eigenvalue weighted by Crippen LogP contribution is 2.40. The zero-order valence-corrected chi connectivity index (χ0v) is 17.8. The van der Waals surface area contributed by atoms with Crippen molar-refractivity contribution in [3.63, 3.8) is 0 Å². The predicted molar refractivity (Wildman–Crippen MR) is 108 cm³/mol. The van der Waals surface area contributed by atoms with E-state index < -0.39 is 15.6 Å². The summed E-state index contributed by atoms with van der Waals surface area (Å²) in [5.41, 5.74) is -0.400. The number of sulfonamides is 1. The van der Waals surface area contributed by atoms with Crippen molar-refractivity contribution in [2.75, 3.05) is 26.2 Å². The molecule has 3 rings (SSSR count). The molecule has 0 aliphatic carbocycles. The summed E-state index contributed by atoms with van der Waals surface area (Å²) < 4.78 is 33.9. The number of piperidine rings is 1. The Morgan fingerprint density at radius 2 is 1.93 bits per heavy atom. The van der Waals surface area contributed by atoms with E-state index in [0.29, 0.717) is 30.8 Å². The molecule has 0 saturated carbocycles. The lowest BCUT2D eigenvalue weighted by Crippen LogP contribution is -2.50. The molecule has 0 N–H and O–H groups in total. The topological polar surface area (TPSA) is 66.9 Å². The Kier molecular flexibility index (Phi) is 6.78. The monoisotopic (exact) mass is 408 g/mol. The smallest absolute Gasteiger partial charge is 0.243 e. The van der Waals surface area contributed by atoms with Crippen LogP contribution in [0.2, 0.25) is 0 Å². The number of rotatable bonds is 7. The lowest BCUT2D eigenvalue weighted by atomic mass is 9.91. The minimum atomic E-state index is -3.49. The Labute approximate surface area is 168 Å². The Morgan fingerprint density at radius 1 is 1.21 bits per heavy atom. The van der Waals surface area contributed by atoms with Gasteiger partial charge in [-0.3, -0.25) is 4.79 Å². The van der Waals surface area contributed by atoms with Crippen molar-refractivity contribution in [1.82, 2.24) is 9.21 Å². The van der Waals surface area contributed by atoms with E-state index in [1.165, 1.54) is 0 Å². The molecule has 2 aliphatic heterocycles. The van der Waals surface area contributed by atoms with E-state index >= 15 is 0 Å². The van der Waals surface area contributed by atoms with Crippen LogP contribution in [0, 0.1) is 0 Å². The number of hydrogen-bond donors (Lipinski definition) is 0. The van der Waals surface area contributed by atoms with Crippen molar-refractivity contribution in [2.24, 2.45) is 0 Å². The lowest BCUT2D eigenvalue weighted by molar-refractivity contribution is -0.132. The molecule has 1 spiro atoms. The summed E-state index contributed by atoms with van der Waals surface area (Å²) in [6.45, 7) is 6.39. The zero-order valence-electron chi connectivity index (χ0n) is 17.0. The molecule has 0 unspecified atom stereocenters. The van der Waals surface area contributed by atoms with Gasteiger partial charge in [0.15, 0.2) is 0 Å². The Bertz CT molecular complexity index is 764. The molecule has 0 bridgehead atoms. The normalized spacial score (nSPS) is 25.9. The number of amides is 1. The minimum Gasteiger partial charge on any atom is -0.370 e. The molecule has 156 valence electrons. The summed E-state index contributed by atoms with van der Waals surface area (Å²) in [4.78, 5) is 14.4. The van der Waals surface area contributed by atoms with E-state index in [4.69, 9.17) is 4.74 Å². The van der Waals surface area contributed by atoms with Crippen LogP contribution in [0.3, 0.4) is 0 Å². The molecule has 1 amide bonds. The first kappa shape index (κ1) is 21.3. The molecule has 2 atom stereocenters. The second-order valence-corrected chi connectivity index (χ2v) is 9.76. The van der Waals surface area contributed by atoms with Gasteiger partial charge >= 0.3 is 0 Å². The fraction of sp³-hybridized carbons (Fsp3) is 0.667. The average molecular weight is 409 g/mol. The summed E-state index contributed by atoms with van der Waals surface area (Å²) in [6.07, 6.45) is 4.68. The van der Waals surface area contributed by atoms with Crippen molar-refractivity contribution >= 4 is 15.9 Å². The lowest BCUT2D eigenvalue weighted by Gasteiger charge is -2.39. The molecule has 6 nitrogen and oxygen atoms in total. The van der Waals surface area contributed by atoms with Crippen LogP contribution < -0.4 is 0 Å². The van der Waals surface area contributed by atoms with Crippen LogP contribution in [-0.2, 0) is 19.6 Å². The van der Waals surface area contributed by atoms with Crippen molar-refractivity contribution < 1.29 is 17.9 Å². The standard InChI is InChI=1S/C21H32N2O4S/c1-3-22(4-2)20(24)12-11-18-13-15-21(27-18)14-8-16-23(17-21)28(25,26)19-9-6-5-7-10-19/h5-7,9-10,18H,3-4,8,11-17H2,1-2H3/t18-,21+/m1/s1. The molecule has 1 aromatic rings. The van der Waals surface area contributed by atoms with Crippen LogP contribution in [0.4, 0.5) is 0 Å². The number of carbonyl (C=O) groups excluding carboxylic acids is 1. The number of benzene rings is 1. The number of hydrogen-bond acceptors (Lipinski definition) is 4. The van der Waals surface area contributed by atoms with Gasteiger partial charge in [-0.05, 0) is 58.1 Å². The third-order valence-corrected chi connectivity index (χ3v) is 7.88. The summed E-state index contributed by atoms with van der Waals surface area (Å²) in [5, 5.41) is 0.